The predicted octanol–water partition coefficient (Wildman–Crippen LogP) is 1.80. The van der Waals surface area contributed by atoms with E-state index >= 15 is 0 Å². The Labute approximate surface area is 192 Å². The van der Waals surface area contributed by atoms with Gasteiger partial charge in [0.2, 0.25) is 0 Å². The van der Waals surface area contributed by atoms with Crippen LogP contribution in [0.4, 0.5) is 0 Å². The molecular weight excluding hydrogens is 426 g/mol. The third-order valence-electron chi connectivity index (χ3n) is 6.30. The molecule has 0 N–H and O–H groups in total. The van der Waals surface area contributed by atoms with Gasteiger partial charge in [0, 0.05) is 50.9 Å². The molecule has 33 heavy (non-hydrogen) atoms. The van der Waals surface area contributed by atoms with Crippen molar-refractivity contribution in [1.82, 2.24) is 14.4 Å². The predicted molar refractivity (Wildman–Crippen MR) is 121 cm³/mol. The summed E-state index contributed by atoms with van der Waals surface area (Å²) in [5, 5.41) is 0. The number of methoxy groups -OCH3 is 2. The molecule has 0 bridgehead atoms. The second kappa shape index (κ2) is 10.1. The van der Waals surface area contributed by atoms with Crippen LogP contribution in [0.3, 0.4) is 0 Å². The van der Waals surface area contributed by atoms with Gasteiger partial charge in [-0.05, 0) is 31.1 Å². The SMILES string of the molecule is COC(=O)[C@@H]1CCCN1C(=O)c1c(OC)cc(=O)n2c1CCN(C/C=C/c1ccco1)CC2. The molecular formula is C24H29N3O6. The summed E-state index contributed by atoms with van der Waals surface area (Å²) in [7, 11) is 2.78. The molecule has 1 saturated heterocycles. The van der Waals surface area contributed by atoms with Crippen molar-refractivity contribution in [3.8, 4) is 5.75 Å². The van der Waals surface area contributed by atoms with E-state index in [1.165, 1.54) is 20.3 Å². The van der Waals surface area contributed by atoms with Gasteiger partial charge in [0.05, 0.1) is 20.5 Å². The van der Waals surface area contributed by atoms with Crippen LogP contribution in [0.15, 0.2) is 39.7 Å². The molecule has 0 aliphatic carbocycles. The second-order valence-corrected chi connectivity index (χ2v) is 8.17. The Bertz CT molecular complexity index is 1090. The van der Waals surface area contributed by atoms with Gasteiger partial charge in [0.1, 0.15) is 23.1 Å². The highest BCUT2D eigenvalue weighted by molar-refractivity contribution is 6.00. The van der Waals surface area contributed by atoms with Crippen LogP contribution in [0.1, 0.15) is 34.7 Å². The van der Waals surface area contributed by atoms with Gasteiger partial charge in [0.15, 0.2) is 0 Å². The summed E-state index contributed by atoms with van der Waals surface area (Å²) in [6.45, 7) is 2.97. The molecule has 176 valence electrons. The molecule has 1 amide bonds. The fourth-order valence-corrected chi connectivity index (χ4v) is 4.61. The number of aromatic nitrogens is 1. The number of rotatable bonds is 6. The average Bonchev–Trinajstić information content (AvgIpc) is 3.48. The number of likely N-dealkylation sites (tertiary alicyclic amines) is 1. The van der Waals surface area contributed by atoms with Gasteiger partial charge in [0.25, 0.3) is 11.5 Å². The first-order valence-corrected chi connectivity index (χ1v) is 11.2. The Kier molecular flexibility index (Phi) is 6.98. The first kappa shape index (κ1) is 22.8. The Morgan fingerprint density at radius 2 is 2.06 bits per heavy atom. The van der Waals surface area contributed by atoms with E-state index in [-0.39, 0.29) is 17.2 Å². The first-order chi connectivity index (χ1) is 16.0. The van der Waals surface area contributed by atoms with Crippen LogP contribution in [0.5, 0.6) is 5.75 Å². The number of carbonyl (C=O) groups is 2. The molecule has 0 radical (unpaired) electrons. The third kappa shape index (κ3) is 4.73. The van der Waals surface area contributed by atoms with Gasteiger partial charge >= 0.3 is 5.97 Å². The molecule has 0 aromatic carbocycles. The molecule has 1 atom stereocenters. The van der Waals surface area contributed by atoms with E-state index in [0.29, 0.717) is 56.8 Å². The zero-order valence-corrected chi connectivity index (χ0v) is 19.0. The normalized spacial score (nSPS) is 18.8. The number of esters is 1. The summed E-state index contributed by atoms with van der Waals surface area (Å²) < 4.78 is 17.3. The zero-order chi connectivity index (χ0) is 23.4. The van der Waals surface area contributed by atoms with Crippen molar-refractivity contribution in [1.29, 1.82) is 0 Å². The maximum atomic E-state index is 13.6. The average molecular weight is 456 g/mol. The minimum atomic E-state index is -0.617. The lowest BCUT2D eigenvalue weighted by Crippen LogP contribution is -2.42. The number of carbonyl (C=O) groups excluding carboxylic acids is 2. The number of hydrogen-bond acceptors (Lipinski definition) is 7. The van der Waals surface area contributed by atoms with Gasteiger partial charge in [-0.3, -0.25) is 14.5 Å². The maximum Gasteiger partial charge on any atom is 0.328 e. The van der Waals surface area contributed by atoms with Crippen molar-refractivity contribution in [3.63, 3.8) is 0 Å². The molecule has 1 fully saturated rings. The molecule has 2 aliphatic rings. The van der Waals surface area contributed by atoms with E-state index in [1.807, 2.05) is 24.3 Å². The van der Waals surface area contributed by atoms with Crippen molar-refractivity contribution >= 4 is 18.0 Å². The molecule has 2 aromatic heterocycles. The highest BCUT2D eigenvalue weighted by atomic mass is 16.5. The van der Waals surface area contributed by atoms with Gasteiger partial charge in [-0.15, -0.1) is 0 Å². The molecule has 4 rings (SSSR count). The van der Waals surface area contributed by atoms with Crippen LogP contribution in [0, 0.1) is 0 Å². The quantitative estimate of drug-likeness (QED) is 0.613. The molecule has 0 saturated carbocycles. The second-order valence-electron chi connectivity index (χ2n) is 8.17. The fourth-order valence-electron chi connectivity index (χ4n) is 4.61. The summed E-state index contributed by atoms with van der Waals surface area (Å²) >= 11 is 0. The summed E-state index contributed by atoms with van der Waals surface area (Å²) in [5.74, 6) is 0.314. The highest BCUT2D eigenvalue weighted by Gasteiger charge is 2.38. The largest absolute Gasteiger partial charge is 0.496 e. The van der Waals surface area contributed by atoms with Gasteiger partial charge in [-0.1, -0.05) is 6.08 Å². The molecule has 9 nitrogen and oxygen atoms in total. The van der Waals surface area contributed by atoms with E-state index in [1.54, 1.807) is 15.7 Å². The van der Waals surface area contributed by atoms with Crippen molar-refractivity contribution in [2.24, 2.45) is 0 Å². The maximum absolute atomic E-state index is 13.6. The summed E-state index contributed by atoms with van der Waals surface area (Å²) in [6, 6.07) is 4.48. The molecule has 0 unspecified atom stereocenters. The van der Waals surface area contributed by atoms with Gasteiger partial charge in [-0.25, -0.2) is 4.79 Å². The zero-order valence-electron chi connectivity index (χ0n) is 19.0. The van der Waals surface area contributed by atoms with Crippen LogP contribution in [-0.2, 0) is 22.5 Å². The van der Waals surface area contributed by atoms with Gasteiger partial charge in [-0.2, -0.15) is 0 Å². The number of hydrogen-bond donors (Lipinski definition) is 0. The minimum Gasteiger partial charge on any atom is -0.496 e. The van der Waals surface area contributed by atoms with E-state index < -0.39 is 12.0 Å². The molecule has 2 aliphatic heterocycles. The lowest BCUT2D eigenvalue weighted by Gasteiger charge is -2.25. The van der Waals surface area contributed by atoms with Crippen LogP contribution >= 0.6 is 0 Å². The van der Waals surface area contributed by atoms with E-state index in [0.717, 1.165) is 12.2 Å². The van der Waals surface area contributed by atoms with E-state index in [4.69, 9.17) is 13.9 Å². The third-order valence-corrected chi connectivity index (χ3v) is 6.30. The number of ether oxygens (including phenoxy) is 2. The first-order valence-electron chi connectivity index (χ1n) is 11.2. The summed E-state index contributed by atoms with van der Waals surface area (Å²) in [6.07, 6.45) is 7.37. The topological polar surface area (TPSA) is 94.2 Å². The standard InChI is InChI=1S/C24H29N3O6/c1-31-20-16-21(28)26-14-13-25(10-3-6-17-7-5-15-33-17)12-9-18(26)22(20)23(29)27-11-4-8-19(27)24(30)32-2/h3,5-7,15-16,19H,4,8-14H2,1-2H3/b6-3+/t19-/m0/s1. The number of fused-ring (bicyclic) bond motifs is 1. The fraction of sp³-hybridized carbons (Fsp3) is 0.458. The van der Waals surface area contributed by atoms with E-state index in [2.05, 4.69) is 4.90 Å². The Hall–Kier alpha value is -3.33. The van der Waals surface area contributed by atoms with Crippen LogP contribution in [0.2, 0.25) is 0 Å². The van der Waals surface area contributed by atoms with E-state index in [9.17, 15) is 14.4 Å². The van der Waals surface area contributed by atoms with Crippen LogP contribution in [-0.4, -0.2) is 72.7 Å². The molecule has 2 aromatic rings. The smallest absolute Gasteiger partial charge is 0.328 e. The number of furan rings is 1. The number of nitrogens with zero attached hydrogens (tertiary/aromatic N) is 3. The summed E-state index contributed by atoms with van der Waals surface area (Å²) in [5.41, 5.74) is 0.815. The Morgan fingerprint density at radius 1 is 1.21 bits per heavy atom. The molecule has 4 heterocycles. The van der Waals surface area contributed by atoms with Crippen molar-refractivity contribution in [2.75, 3.05) is 40.4 Å². The number of amides is 1. The Balaban J connectivity index is 1.60. The highest BCUT2D eigenvalue weighted by Crippen LogP contribution is 2.28. The van der Waals surface area contributed by atoms with Crippen molar-refractivity contribution in [3.05, 3.63) is 57.9 Å². The summed E-state index contributed by atoms with van der Waals surface area (Å²) in [4.78, 5) is 42.4. The lowest BCUT2D eigenvalue weighted by molar-refractivity contribution is -0.145. The van der Waals surface area contributed by atoms with Gasteiger partial charge < -0.3 is 23.4 Å². The minimum absolute atomic E-state index is 0.197. The van der Waals surface area contributed by atoms with Crippen molar-refractivity contribution < 1.29 is 23.5 Å². The van der Waals surface area contributed by atoms with Crippen LogP contribution in [0.25, 0.3) is 6.08 Å². The monoisotopic (exact) mass is 455 g/mol. The van der Waals surface area contributed by atoms with Crippen LogP contribution < -0.4 is 10.3 Å². The van der Waals surface area contributed by atoms with Crippen molar-refractivity contribution in [2.45, 2.75) is 31.8 Å². The lowest BCUT2D eigenvalue weighted by atomic mass is 10.1. The molecule has 9 heteroatoms. The Morgan fingerprint density at radius 3 is 2.79 bits per heavy atom. The molecule has 0 spiro atoms. The number of pyridine rings is 1.